The first-order chi connectivity index (χ1) is 9.66. The first-order valence-electron chi connectivity index (χ1n) is 5.90. The molecule has 1 rings (SSSR count). The van der Waals surface area contributed by atoms with E-state index in [4.69, 9.17) is 15.4 Å². The van der Waals surface area contributed by atoms with Crippen LogP contribution in [0.2, 0.25) is 0 Å². The minimum Gasteiger partial charge on any atom is -0.385 e. The van der Waals surface area contributed by atoms with Gasteiger partial charge in [-0.05, 0) is 25.5 Å². The van der Waals surface area contributed by atoms with E-state index in [0.29, 0.717) is 25.2 Å². The van der Waals surface area contributed by atoms with Crippen LogP contribution in [-0.4, -0.2) is 34.1 Å². The SMILES string of the molecule is COCCC(C)NC(=O)c1cc(S(=O)(=O)Cl)cc(F)c1F. The number of methoxy groups -OCH3 is 1. The van der Waals surface area contributed by atoms with Crippen LogP contribution in [0.15, 0.2) is 17.0 Å². The van der Waals surface area contributed by atoms with E-state index in [2.05, 4.69) is 5.32 Å². The molecule has 0 saturated carbocycles. The molecule has 1 aromatic carbocycles. The van der Waals surface area contributed by atoms with E-state index in [0.717, 1.165) is 0 Å². The Kier molecular flexibility index (Phi) is 6.06. The molecule has 0 radical (unpaired) electrons. The standard InChI is InChI=1S/C12H14ClF2NO4S/c1-7(3-4-20-2)16-12(17)9-5-8(21(13,18)19)6-10(14)11(9)15/h5-7H,3-4H2,1-2H3,(H,16,17). The lowest BCUT2D eigenvalue weighted by Crippen LogP contribution is -2.34. The van der Waals surface area contributed by atoms with E-state index in [1.165, 1.54) is 7.11 Å². The van der Waals surface area contributed by atoms with Gasteiger partial charge < -0.3 is 10.1 Å². The van der Waals surface area contributed by atoms with E-state index < -0.39 is 37.1 Å². The predicted molar refractivity (Wildman–Crippen MR) is 72.8 cm³/mol. The number of rotatable bonds is 6. The average Bonchev–Trinajstić information content (AvgIpc) is 2.37. The summed E-state index contributed by atoms with van der Waals surface area (Å²) >= 11 is 0. The molecular formula is C12H14ClF2NO4S. The zero-order valence-electron chi connectivity index (χ0n) is 11.3. The Morgan fingerprint density at radius 3 is 2.57 bits per heavy atom. The third kappa shape index (κ3) is 4.90. The lowest BCUT2D eigenvalue weighted by Gasteiger charge is -2.14. The number of carbonyl (C=O) groups excluding carboxylic acids is 1. The highest BCUT2D eigenvalue weighted by Crippen LogP contribution is 2.21. The van der Waals surface area contributed by atoms with Crippen molar-refractivity contribution in [2.75, 3.05) is 13.7 Å². The third-order valence-electron chi connectivity index (χ3n) is 2.66. The highest BCUT2D eigenvalue weighted by Gasteiger charge is 2.22. The van der Waals surface area contributed by atoms with Crippen LogP contribution in [0, 0.1) is 11.6 Å². The molecule has 1 amide bonds. The molecule has 0 bridgehead atoms. The fraction of sp³-hybridized carbons (Fsp3) is 0.417. The van der Waals surface area contributed by atoms with Gasteiger partial charge in [0.2, 0.25) is 0 Å². The molecule has 0 aromatic heterocycles. The summed E-state index contributed by atoms with van der Waals surface area (Å²) in [7, 11) is 2.28. The van der Waals surface area contributed by atoms with Crippen molar-refractivity contribution in [3.63, 3.8) is 0 Å². The van der Waals surface area contributed by atoms with Gasteiger partial charge in [0.1, 0.15) is 0 Å². The van der Waals surface area contributed by atoms with Gasteiger partial charge in [0.25, 0.3) is 15.0 Å². The van der Waals surface area contributed by atoms with E-state index in [1.54, 1.807) is 6.92 Å². The molecule has 0 spiro atoms. The maximum atomic E-state index is 13.6. The van der Waals surface area contributed by atoms with Crippen molar-refractivity contribution in [3.05, 3.63) is 29.3 Å². The van der Waals surface area contributed by atoms with Gasteiger partial charge in [-0.15, -0.1) is 0 Å². The van der Waals surface area contributed by atoms with Crippen LogP contribution >= 0.6 is 10.7 Å². The summed E-state index contributed by atoms with van der Waals surface area (Å²) in [6.45, 7) is 2.02. The number of hydrogen-bond donors (Lipinski definition) is 1. The Labute approximate surface area is 125 Å². The predicted octanol–water partition coefficient (Wildman–Crippen LogP) is 2.05. The zero-order chi connectivity index (χ0) is 16.2. The largest absolute Gasteiger partial charge is 0.385 e. The van der Waals surface area contributed by atoms with Crippen molar-refractivity contribution in [3.8, 4) is 0 Å². The van der Waals surface area contributed by atoms with E-state index >= 15 is 0 Å². The van der Waals surface area contributed by atoms with Gasteiger partial charge in [-0.3, -0.25) is 4.79 Å². The maximum absolute atomic E-state index is 13.6. The molecular weight excluding hydrogens is 328 g/mol. The minimum atomic E-state index is -4.28. The monoisotopic (exact) mass is 341 g/mol. The summed E-state index contributed by atoms with van der Waals surface area (Å²) in [6, 6.07) is 0.748. The summed E-state index contributed by atoms with van der Waals surface area (Å²) in [6.07, 6.45) is 0.458. The summed E-state index contributed by atoms with van der Waals surface area (Å²) in [5.74, 6) is -3.83. The van der Waals surface area contributed by atoms with Crippen molar-refractivity contribution in [2.45, 2.75) is 24.3 Å². The quantitative estimate of drug-likeness (QED) is 0.804. The van der Waals surface area contributed by atoms with E-state index in [9.17, 15) is 22.0 Å². The van der Waals surface area contributed by atoms with E-state index in [1.807, 2.05) is 0 Å². The van der Waals surface area contributed by atoms with Crippen molar-refractivity contribution in [1.82, 2.24) is 5.32 Å². The van der Waals surface area contributed by atoms with Crippen LogP contribution in [0.5, 0.6) is 0 Å². The molecule has 0 fully saturated rings. The van der Waals surface area contributed by atoms with Crippen molar-refractivity contribution in [2.24, 2.45) is 0 Å². The van der Waals surface area contributed by atoms with Gasteiger partial charge in [0.15, 0.2) is 11.6 Å². The number of benzene rings is 1. The Balaban J connectivity index is 3.06. The zero-order valence-corrected chi connectivity index (χ0v) is 12.9. The van der Waals surface area contributed by atoms with Gasteiger partial charge in [0.05, 0.1) is 10.5 Å². The fourth-order valence-corrected chi connectivity index (χ4v) is 2.31. The second kappa shape index (κ2) is 7.15. The molecule has 1 unspecified atom stereocenters. The molecule has 5 nitrogen and oxygen atoms in total. The molecule has 0 aliphatic heterocycles. The average molecular weight is 342 g/mol. The minimum absolute atomic E-state index is 0.365. The van der Waals surface area contributed by atoms with Gasteiger partial charge in [-0.1, -0.05) is 0 Å². The van der Waals surface area contributed by atoms with Crippen LogP contribution in [0.1, 0.15) is 23.7 Å². The number of carbonyl (C=O) groups is 1. The maximum Gasteiger partial charge on any atom is 0.261 e. The van der Waals surface area contributed by atoms with Crippen LogP contribution < -0.4 is 5.32 Å². The van der Waals surface area contributed by atoms with Crippen LogP contribution in [-0.2, 0) is 13.8 Å². The molecule has 0 saturated heterocycles. The Morgan fingerprint density at radius 1 is 1.43 bits per heavy atom. The molecule has 1 aromatic rings. The van der Waals surface area contributed by atoms with Gasteiger partial charge in [-0.2, -0.15) is 0 Å². The van der Waals surface area contributed by atoms with Crippen LogP contribution in [0.3, 0.4) is 0 Å². The highest BCUT2D eigenvalue weighted by atomic mass is 35.7. The van der Waals surface area contributed by atoms with Gasteiger partial charge >= 0.3 is 0 Å². The lowest BCUT2D eigenvalue weighted by molar-refractivity contribution is 0.0924. The molecule has 1 atom stereocenters. The molecule has 21 heavy (non-hydrogen) atoms. The van der Waals surface area contributed by atoms with Gasteiger partial charge in [0, 0.05) is 30.4 Å². The van der Waals surface area contributed by atoms with Crippen molar-refractivity contribution >= 4 is 25.6 Å². The molecule has 0 aliphatic rings. The number of nitrogens with one attached hydrogen (secondary N) is 1. The number of hydrogen-bond acceptors (Lipinski definition) is 4. The van der Waals surface area contributed by atoms with Crippen LogP contribution in [0.25, 0.3) is 0 Å². The number of ether oxygens (including phenoxy) is 1. The lowest BCUT2D eigenvalue weighted by atomic mass is 10.1. The summed E-state index contributed by atoms with van der Waals surface area (Å²) < 4.78 is 54.1. The Bertz CT molecular complexity index is 636. The third-order valence-corrected chi connectivity index (χ3v) is 3.99. The molecule has 1 N–H and O–H groups in total. The van der Waals surface area contributed by atoms with Crippen molar-refractivity contribution in [1.29, 1.82) is 0 Å². The van der Waals surface area contributed by atoms with Gasteiger partial charge in [-0.25, -0.2) is 17.2 Å². The second-order valence-electron chi connectivity index (χ2n) is 4.36. The highest BCUT2D eigenvalue weighted by molar-refractivity contribution is 8.13. The Hall–Kier alpha value is -1.25. The van der Waals surface area contributed by atoms with Crippen molar-refractivity contribution < 1.29 is 26.7 Å². The number of halogens is 3. The second-order valence-corrected chi connectivity index (χ2v) is 6.93. The van der Waals surface area contributed by atoms with E-state index in [-0.39, 0.29) is 6.04 Å². The first kappa shape index (κ1) is 17.8. The molecule has 0 heterocycles. The number of amides is 1. The first-order valence-corrected chi connectivity index (χ1v) is 8.21. The topological polar surface area (TPSA) is 72.5 Å². The smallest absolute Gasteiger partial charge is 0.261 e. The molecule has 9 heteroatoms. The summed E-state index contributed by atoms with van der Waals surface area (Å²) in [5.41, 5.74) is -0.724. The fourth-order valence-electron chi connectivity index (χ4n) is 1.54. The van der Waals surface area contributed by atoms with Crippen LogP contribution in [0.4, 0.5) is 8.78 Å². The molecule has 0 aliphatic carbocycles. The normalized spacial score (nSPS) is 13.0. The Morgan fingerprint density at radius 2 is 2.05 bits per heavy atom. The summed E-state index contributed by atoms with van der Waals surface area (Å²) in [4.78, 5) is 11.2. The summed E-state index contributed by atoms with van der Waals surface area (Å²) in [5, 5.41) is 2.41. The molecule has 118 valence electrons.